The molecule has 2 heterocycles. The van der Waals surface area contributed by atoms with Gasteiger partial charge in [0.25, 0.3) is 0 Å². The average molecular weight is 408 g/mol. The minimum absolute atomic E-state index is 0.0804. The van der Waals surface area contributed by atoms with E-state index in [1.54, 1.807) is 30.5 Å². The monoisotopic (exact) mass is 408 g/mol. The molecule has 0 amide bonds. The Bertz CT molecular complexity index is 1110. The fourth-order valence-electron chi connectivity index (χ4n) is 4.09. The van der Waals surface area contributed by atoms with Crippen molar-refractivity contribution in [3.8, 4) is 0 Å². The first-order valence-electron chi connectivity index (χ1n) is 9.17. The third kappa shape index (κ3) is 3.00. The van der Waals surface area contributed by atoms with E-state index >= 15 is 0 Å². The molecular formula is C20H22F2N2O3S. The number of halogens is 2. The van der Waals surface area contributed by atoms with Crippen LogP contribution in [0.2, 0.25) is 0 Å². The number of hydrogen-bond acceptors (Lipinski definition) is 3. The molecule has 28 heavy (non-hydrogen) atoms. The van der Waals surface area contributed by atoms with Gasteiger partial charge in [-0.25, -0.2) is 17.2 Å². The lowest BCUT2D eigenvalue weighted by molar-refractivity contribution is 0.0270. The van der Waals surface area contributed by atoms with Crippen molar-refractivity contribution in [1.29, 1.82) is 0 Å². The first kappa shape index (κ1) is 19.3. The van der Waals surface area contributed by atoms with Crippen LogP contribution in [0.5, 0.6) is 0 Å². The van der Waals surface area contributed by atoms with Gasteiger partial charge in [-0.2, -0.15) is 4.31 Å². The van der Waals surface area contributed by atoms with Gasteiger partial charge < -0.3 is 9.67 Å². The molecule has 4 rings (SSSR count). The van der Waals surface area contributed by atoms with E-state index in [0.29, 0.717) is 34.8 Å². The maximum Gasteiger partial charge on any atom is 0.214 e. The normalized spacial score (nSPS) is 18.9. The molecule has 1 fully saturated rings. The number of sulfonamides is 1. The zero-order chi connectivity index (χ0) is 20.3. The molecule has 0 aliphatic carbocycles. The van der Waals surface area contributed by atoms with Crippen LogP contribution in [0.3, 0.4) is 0 Å². The molecule has 8 heteroatoms. The predicted molar refractivity (Wildman–Crippen MR) is 105 cm³/mol. The van der Waals surface area contributed by atoms with Crippen molar-refractivity contribution in [3.63, 3.8) is 0 Å². The fourth-order valence-corrected chi connectivity index (χ4v) is 6.05. The van der Waals surface area contributed by atoms with Crippen LogP contribution < -0.4 is 0 Å². The molecular weight excluding hydrogens is 386 g/mol. The van der Waals surface area contributed by atoms with E-state index in [0.717, 1.165) is 0 Å². The summed E-state index contributed by atoms with van der Waals surface area (Å²) < 4.78 is 55.4. The summed E-state index contributed by atoms with van der Waals surface area (Å²) in [6.45, 7) is 3.87. The quantitative estimate of drug-likeness (QED) is 0.721. The van der Waals surface area contributed by atoms with E-state index in [4.69, 9.17) is 0 Å². The van der Waals surface area contributed by atoms with Gasteiger partial charge in [-0.15, -0.1) is 0 Å². The molecule has 0 spiro atoms. The molecule has 1 aliphatic rings. The molecule has 2 aromatic carbocycles. The van der Waals surface area contributed by atoms with Crippen LogP contribution in [-0.4, -0.2) is 46.3 Å². The van der Waals surface area contributed by atoms with Crippen molar-refractivity contribution in [3.05, 3.63) is 48.0 Å². The van der Waals surface area contributed by atoms with Crippen LogP contribution >= 0.6 is 0 Å². The maximum absolute atomic E-state index is 13.8. The highest BCUT2D eigenvalue weighted by molar-refractivity contribution is 7.89. The highest BCUT2D eigenvalue weighted by atomic mass is 32.2. The molecule has 1 aromatic heterocycles. The van der Waals surface area contributed by atoms with E-state index in [1.165, 1.54) is 28.6 Å². The van der Waals surface area contributed by atoms with Gasteiger partial charge in [-0.3, -0.25) is 0 Å². The first-order chi connectivity index (χ1) is 13.1. The number of fused-ring (bicyclic) bond motifs is 3. The zero-order valence-corrected chi connectivity index (χ0v) is 16.5. The Hall–Kier alpha value is -2.03. The summed E-state index contributed by atoms with van der Waals surface area (Å²) in [5.41, 5.74) is 0.292. The number of benzene rings is 2. The van der Waals surface area contributed by atoms with Gasteiger partial charge in [0.15, 0.2) is 0 Å². The first-order valence-corrected chi connectivity index (χ1v) is 10.8. The van der Waals surface area contributed by atoms with Crippen LogP contribution in [0.1, 0.15) is 20.3 Å². The number of hydrogen-bond donors (Lipinski definition) is 1. The van der Waals surface area contributed by atoms with Gasteiger partial charge in [0.2, 0.25) is 10.0 Å². The second-order valence-electron chi connectivity index (χ2n) is 7.84. The Balaban J connectivity index is 1.81. The predicted octanol–water partition coefficient (Wildman–Crippen LogP) is 3.25. The average Bonchev–Trinajstić information content (AvgIpc) is 3.12. The minimum atomic E-state index is -3.40. The van der Waals surface area contributed by atoms with Crippen LogP contribution in [0.25, 0.3) is 21.8 Å². The lowest BCUT2D eigenvalue weighted by atomic mass is 9.96. The zero-order valence-electron chi connectivity index (χ0n) is 15.7. The Morgan fingerprint density at radius 3 is 2.07 bits per heavy atom. The summed E-state index contributed by atoms with van der Waals surface area (Å²) in [5.74, 6) is -0.781. The van der Waals surface area contributed by atoms with Gasteiger partial charge in [-0.1, -0.05) is 0 Å². The third-order valence-electron chi connectivity index (χ3n) is 5.70. The van der Waals surface area contributed by atoms with Crippen LogP contribution in [0.4, 0.5) is 8.78 Å². The summed E-state index contributed by atoms with van der Waals surface area (Å²) in [5, 5.41) is 12.1. The maximum atomic E-state index is 13.8. The van der Waals surface area contributed by atoms with E-state index in [-0.39, 0.29) is 12.3 Å². The van der Waals surface area contributed by atoms with E-state index in [2.05, 4.69) is 0 Å². The highest BCUT2D eigenvalue weighted by Crippen LogP contribution is 2.33. The SMILES string of the molecule is CC(C)(C(O)Cn1c2ccc(F)cc2c2cc(F)ccc21)N1CCCS1(=O)=O. The molecule has 0 radical (unpaired) electrons. The molecule has 1 aliphatic heterocycles. The molecule has 1 atom stereocenters. The lowest BCUT2D eigenvalue weighted by Gasteiger charge is -2.38. The second kappa shape index (κ2) is 6.50. The molecule has 5 nitrogen and oxygen atoms in total. The van der Waals surface area contributed by atoms with Crippen LogP contribution in [0, 0.1) is 11.6 Å². The smallest absolute Gasteiger partial charge is 0.214 e. The molecule has 150 valence electrons. The number of nitrogens with zero attached hydrogens (tertiary/aromatic N) is 2. The Labute approximate surface area is 162 Å². The molecule has 3 aromatic rings. The minimum Gasteiger partial charge on any atom is -0.389 e. The summed E-state index contributed by atoms with van der Waals surface area (Å²) >= 11 is 0. The van der Waals surface area contributed by atoms with Crippen molar-refractivity contribution in [2.75, 3.05) is 12.3 Å². The topological polar surface area (TPSA) is 62.5 Å². The lowest BCUT2D eigenvalue weighted by Crippen LogP contribution is -2.54. The Morgan fingerprint density at radius 2 is 1.61 bits per heavy atom. The molecule has 1 unspecified atom stereocenters. The van der Waals surface area contributed by atoms with Crippen molar-refractivity contribution < 1.29 is 22.3 Å². The highest BCUT2D eigenvalue weighted by Gasteiger charge is 2.44. The summed E-state index contributed by atoms with van der Waals surface area (Å²) in [6, 6.07) is 8.50. The van der Waals surface area contributed by atoms with Gasteiger partial charge in [0.1, 0.15) is 11.6 Å². The van der Waals surface area contributed by atoms with Gasteiger partial charge in [-0.05, 0) is 56.7 Å². The standard InChI is InChI=1S/C20H22F2N2O3S/c1-20(2,24-8-3-9-28(24,26)27)19(25)12-23-17-6-4-13(21)10-15(17)16-11-14(22)5-7-18(16)23/h4-7,10-11,19,25H,3,8-9,12H2,1-2H3. The van der Waals surface area contributed by atoms with Gasteiger partial charge in [0.05, 0.1) is 23.9 Å². The van der Waals surface area contributed by atoms with Crippen molar-refractivity contribution in [2.45, 2.75) is 38.5 Å². The number of aliphatic hydroxyl groups excluding tert-OH is 1. The Morgan fingerprint density at radius 1 is 1.07 bits per heavy atom. The van der Waals surface area contributed by atoms with E-state index < -0.39 is 33.3 Å². The van der Waals surface area contributed by atoms with E-state index in [9.17, 15) is 22.3 Å². The third-order valence-corrected chi connectivity index (χ3v) is 7.83. The van der Waals surface area contributed by atoms with E-state index in [1.807, 2.05) is 0 Å². The van der Waals surface area contributed by atoms with Crippen LogP contribution in [-0.2, 0) is 16.6 Å². The number of aromatic nitrogens is 1. The fraction of sp³-hybridized carbons (Fsp3) is 0.400. The molecule has 1 N–H and O–H groups in total. The Kier molecular flexibility index (Phi) is 4.48. The van der Waals surface area contributed by atoms with Crippen molar-refractivity contribution in [2.24, 2.45) is 0 Å². The van der Waals surface area contributed by atoms with Crippen molar-refractivity contribution in [1.82, 2.24) is 8.87 Å². The number of aliphatic hydroxyl groups is 1. The van der Waals surface area contributed by atoms with Gasteiger partial charge >= 0.3 is 0 Å². The second-order valence-corrected chi connectivity index (χ2v) is 9.86. The largest absolute Gasteiger partial charge is 0.389 e. The van der Waals surface area contributed by atoms with Crippen LogP contribution in [0.15, 0.2) is 36.4 Å². The number of rotatable bonds is 4. The van der Waals surface area contributed by atoms with Gasteiger partial charge in [0, 0.05) is 28.4 Å². The molecule has 0 saturated carbocycles. The summed E-state index contributed by atoms with van der Waals surface area (Å²) in [6.07, 6.45) is -0.485. The summed E-state index contributed by atoms with van der Waals surface area (Å²) in [7, 11) is -3.40. The molecule has 1 saturated heterocycles. The molecule has 0 bridgehead atoms. The van der Waals surface area contributed by atoms with Crippen molar-refractivity contribution >= 4 is 31.8 Å². The summed E-state index contributed by atoms with van der Waals surface area (Å²) in [4.78, 5) is 0.